The number of piperidine rings is 1. The predicted octanol–water partition coefficient (Wildman–Crippen LogP) is 2.70. The smallest absolute Gasteiger partial charge is 0.286 e. The molecule has 0 bridgehead atoms. The lowest BCUT2D eigenvalue weighted by atomic mass is 10.0. The number of aryl methyl sites for hydroxylation is 1. The van der Waals surface area contributed by atoms with Crippen LogP contribution in [0.1, 0.15) is 51.4 Å². The molecule has 3 rings (SSSR count). The molecule has 2 heterocycles. The van der Waals surface area contributed by atoms with Gasteiger partial charge in [0.05, 0.1) is 0 Å². The molecule has 1 aromatic carbocycles. The lowest BCUT2D eigenvalue weighted by molar-refractivity contribution is 0.0938. The van der Waals surface area contributed by atoms with Gasteiger partial charge in [0.25, 0.3) is 11.8 Å². The van der Waals surface area contributed by atoms with Gasteiger partial charge < -0.3 is 10.6 Å². The van der Waals surface area contributed by atoms with Gasteiger partial charge in [-0.3, -0.25) is 14.5 Å². The number of hydrogen-bond acceptors (Lipinski definition) is 6. The summed E-state index contributed by atoms with van der Waals surface area (Å²) in [6.07, 6.45) is 3.77. The Morgan fingerprint density at radius 3 is 2.63 bits per heavy atom. The van der Waals surface area contributed by atoms with Crippen LogP contribution in [0, 0.1) is 6.92 Å². The average molecular weight is 388 g/mol. The van der Waals surface area contributed by atoms with Crippen LogP contribution in [0.3, 0.4) is 0 Å². The van der Waals surface area contributed by atoms with E-state index in [9.17, 15) is 9.59 Å². The monoisotopic (exact) mass is 387 g/mol. The number of aromatic nitrogens is 2. The van der Waals surface area contributed by atoms with Gasteiger partial charge in [-0.2, -0.15) is 0 Å². The van der Waals surface area contributed by atoms with Crippen molar-refractivity contribution >= 4 is 28.8 Å². The number of anilines is 1. The molecule has 1 aromatic heterocycles. The standard InChI is InChI=1S/C19H25N5O2S/c1-13-5-3-4-11-24(13)12-10-20-17(25)15-6-8-16(9-7-15)21-18(26)19-23-22-14(2)27-19/h6-9,13H,3-5,10-12H2,1-2H3,(H,20,25)(H,21,26)/t13-/m0/s1. The molecule has 2 aromatic rings. The van der Waals surface area contributed by atoms with E-state index >= 15 is 0 Å². The Labute approximate surface area is 163 Å². The highest BCUT2D eigenvalue weighted by Gasteiger charge is 2.18. The molecular formula is C19H25N5O2S. The van der Waals surface area contributed by atoms with E-state index < -0.39 is 0 Å². The minimum absolute atomic E-state index is 0.0997. The summed E-state index contributed by atoms with van der Waals surface area (Å²) in [7, 11) is 0. The fourth-order valence-electron chi connectivity index (χ4n) is 3.18. The molecule has 0 radical (unpaired) electrons. The minimum atomic E-state index is -0.298. The molecule has 144 valence electrons. The summed E-state index contributed by atoms with van der Waals surface area (Å²) in [6.45, 7) is 6.67. The fourth-order valence-corrected chi connectivity index (χ4v) is 3.77. The third-order valence-electron chi connectivity index (χ3n) is 4.75. The van der Waals surface area contributed by atoms with Gasteiger partial charge in [0, 0.05) is 30.4 Å². The predicted molar refractivity (Wildman–Crippen MR) is 106 cm³/mol. The fraction of sp³-hybridized carbons (Fsp3) is 0.474. The summed E-state index contributed by atoms with van der Waals surface area (Å²) in [5, 5.41) is 14.5. The molecule has 1 aliphatic rings. The number of carbonyl (C=O) groups is 2. The molecule has 27 heavy (non-hydrogen) atoms. The number of amides is 2. The van der Waals surface area contributed by atoms with Crippen molar-refractivity contribution in [1.82, 2.24) is 20.4 Å². The van der Waals surface area contributed by atoms with Crippen molar-refractivity contribution in [3.8, 4) is 0 Å². The zero-order valence-corrected chi connectivity index (χ0v) is 16.5. The SMILES string of the molecule is Cc1nnc(C(=O)Nc2ccc(C(=O)NCCN3CCCC[C@@H]3C)cc2)s1. The van der Waals surface area contributed by atoms with Crippen LogP contribution in [0.4, 0.5) is 5.69 Å². The van der Waals surface area contributed by atoms with E-state index in [0.717, 1.165) is 18.1 Å². The van der Waals surface area contributed by atoms with Crippen LogP contribution < -0.4 is 10.6 Å². The van der Waals surface area contributed by atoms with E-state index in [0.29, 0.717) is 28.8 Å². The summed E-state index contributed by atoms with van der Waals surface area (Å²) < 4.78 is 0. The van der Waals surface area contributed by atoms with E-state index in [-0.39, 0.29) is 11.8 Å². The van der Waals surface area contributed by atoms with Crippen molar-refractivity contribution < 1.29 is 9.59 Å². The van der Waals surface area contributed by atoms with E-state index in [1.54, 1.807) is 31.2 Å². The largest absolute Gasteiger partial charge is 0.351 e. The number of benzene rings is 1. The quantitative estimate of drug-likeness (QED) is 0.796. The Balaban J connectivity index is 1.47. The van der Waals surface area contributed by atoms with Gasteiger partial charge in [-0.25, -0.2) is 0 Å². The number of carbonyl (C=O) groups excluding carboxylic acids is 2. The van der Waals surface area contributed by atoms with Crippen LogP contribution in [0.25, 0.3) is 0 Å². The number of likely N-dealkylation sites (tertiary alicyclic amines) is 1. The maximum atomic E-state index is 12.3. The first-order valence-electron chi connectivity index (χ1n) is 9.26. The summed E-state index contributed by atoms with van der Waals surface area (Å²) in [5.74, 6) is -0.397. The lowest BCUT2D eigenvalue weighted by Crippen LogP contribution is -2.42. The highest BCUT2D eigenvalue weighted by atomic mass is 32.1. The van der Waals surface area contributed by atoms with Gasteiger partial charge in [0.2, 0.25) is 5.01 Å². The highest BCUT2D eigenvalue weighted by molar-refractivity contribution is 7.13. The molecule has 1 saturated heterocycles. The first kappa shape index (κ1) is 19.4. The van der Waals surface area contributed by atoms with Gasteiger partial charge in [0.1, 0.15) is 5.01 Å². The second kappa shape index (κ2) is 9.05. The third kappa shape index (κ3) is 5.33. The number of nitrogens with one attached hydrogen (secondary N) is 2. The molecule has 2 N–H and O–H groups in total. The maximum absolute atomic E-state index is 12.3. The molecule has 1 aliphatic heterocycles. The molecule has 0 aliphatic carbocycles. The van der Waals surface area contributed by atoms with Crippen molar-refractivity contribution in [2.24, 2.45) is 0 Å². The van der Waals surface area contributed by atoms with Crippen molar-refractivity contribution in [2.75, 3.05) is 25.0 Å². The van der Waals surface area contributed by atoms with Crippen molar-refractivity contribution in [1.29, 1.82) is 0 Å². The number of rotatable bonds is 6. The topological polar surface area (TPSA) is 87.2 Å². The van der Waals surface area contributed by atoms with Crippen molar-refractivity contribution in [2.45, 2.75) is 39.2 Å². The Kier molecular flexibility index (Phi) is 6.52. The summed E-state index contributed by atoms with van der Waals surface area (Å²) in [6, 6.07) is 7.44. The minimum Gasteiger partial charge on any atom is -0.351 e. The van der Waals surface area contributed by atoms with E-state index in [1.807, 2.05) is 0 Å². The molecule has 2 amide bonds. The van der Waals surface area contributed by atoms with Gasteiger partial charge in [-0.05, 0) is 57.5 Å². The Bertz CT molecular complexity index is 790. The second-order valence-corrected chi connectivity index (χ2v) is 7.98. The zero-order valence-electron chi connectivity index (χ0n) is 15.7. The second-order valence-electron chi connectivity index (χ2n) is 6.79. The Morgan fingerprint density at radius 1 is 1.19 bits per heavy atom. The lowest BCUT2D eigenvalue weighted by Gasteiger charge is -2.33. The zero-order chi connectivity index (χ0) is 19.2. The first-order valence-corrected chi connectivity index (χ1v) is 10.1. The maximum Gasteiger partial charge on any atom is 0.286 e. The Morgan fingerprint density at radius 2 is 1.96 bits per heavy atom. The molecule has 0 unspecified atom stereocenters. The van der Waals surface area contributed by atoms with Crippen LogP contribution in [0.15, 0.2) is 24.3 Å². The number of hydrogen-bond donors (Lipinski definition) is 2. The molecule has 1 atom stereocenters. The van der Waals surface area contributed by atoms with Crippen LogP contribution in [-0.4, -0.2) is 52.6 Å². The number of nitrogens with zero attached hydrogens (tertiary/aromatic N) is 3. The van der Waals surface area contributed by atoms with E-state index in [1.165, 1.54) is 30.6 Å². The summed E-state index contributed by atoms with van der Waals surface area (Å²) in [5.41, 5.74) is 1.19. The summed E-state index contributed by atoms with van der Waals surface area (Å²) >= 11 is 1.24. The molecule has 1 fully saturated rings. The third-order valence-corrected chi connectivity index (χ3v) is 5.59. The van der Waals surface area contributed by atoms with Crippen LogP contribution >= 0.6 is 11.3 Å². The van der Waals surface area contributed by atoms with Crippen LogP contribution in [0.2, 0.25) is 0 Å². The van der Waals surface area contributed by atoms with E-state index in [2.05, 4.69) is 32.7 Å². The van der Waals surface area contributed by atoms with Crippen molar-refractivity contribution in [3.05, 3.63) is 39.8 Å². The van der Waals surface area contributed by atoms with Crippen LogP contribution in [0.5, 0.6) is 0 Å². The highest BCUT2D eigenvalue weighted by Crippen LogP contribution is 2.16. The molecule has 0 spiro atoms. The molecule has 0 saturated carbocycles. The Hall–Kier alpha value is -2.32. The molecular weight excluding hydrogens is 362 g/mol. The first-order chi connectivity index (χ1) is 13.0. The molecule has 7 nitrogen and oxygen atoms in total. The van der Waals surface area contributed by atoms with Crippen LogP contribution in [-0.2, 0) is 0 Å². The van der Waals surface area contributed by atoms with Gasteiger partial charge in [-0.15, -0.1) is 10.2 Å². The summed E-state index contributed by atoms with van der Waals surface area (Å²) in [4.78, 5) is 26.8. The van der Waals surface area contributed by atoms with Gasteiger partial charge in [-0.1, -0.05) is 17.8 Å². The molecule has 8 heteroatoms. The normalized spacial score (nSPS) is 17.5. The van der Waals surface area contributed by atoms with Gasteiger partial charge >= 0.3 is 0 Å². The van der Waals surface area contributed by atoms with E-state index in [4.69, 9.17) is 0 Å². The van der Waals surface area contributed by atoms with Crippen molar-refractivity contribution in [3.63, 3.8) is 0 Å². The van der Waals surface area contributed by atoms with Gasteiger partial charge in [0.15, 0.2) is 0 Å². The average Bonchev–Trinajstić information content (AvgIpc) is 3.10.